The Morgan fingerprint density at radius 3 is 2.59 bits per heavy atom. The molecular formula is C21H19ClN2O3. The fourth-order valence-corrected chi connectivity index (χ4v) is 2.94. The molecule has 0 bridgehead atoms. The molecule has 6 heteroatoms. The van der Waals surface area contributed by atoms with Crippen LogP contribution in [0, 0.1) is 0 Å². The number of anilines is 1. The molecule has 0 aliphatic carbocycles. The number of aromatic nitrogens is 1. The first-order valence-electron chi connectivity index (χ1n) is 8.42. The van der Waals surface area contributed by atoms with Gasteiger partial charge in [0.15, 0.2) is 0 Å². The molecule has 2 aromatic carbocycles. The van der Waals surface area contributed by atoms with Crippen molar-refractivity contribution >= 4 is 23.2 Å². The van der Waals surface area contributed by atoms with E-state index in [1.807, 2.05) is 30.3 Å². The number of hydrogen-bond acceptors (Lipinski definition) is 3. The van der Waals surface area contributed by atoms with Crippen LogP contribution >= 0.6 is 11.6 Å². The number of carbonyl (C=O) groups excluding carboxylic acids is 1. The third-order valence-electron chi connectivity index (χ3n) is 4.08. The number of halogens is 1. The molecule has 0 saturated heterocycles. The third-order valence-corrected chi connectivity index (χ3v) is 4.32. The van der Waals surface area contributed by atoms with E-state index in [1.54, 1.807) is 42.1 Å². The van der Waals surface area contributed by atoms with Crippen LogP contribution in [0.2, 0.25) is 5.02 Å². The van der Waals surface area contributed by atoms with Crippen LogP contribution in [-0.2, 0) is 17.8 Å². The average molecular weight is 383 g/mol. The molecule has 138 valence electrons. The van der Waals surface area contributed by atoms with Gasteiger partial charge in [0.1, 0.15) is 5.75 Å². The van der Waals surface area contributed by atoms with Gasteiger partial charge in [-0.2, -0.15) is 0 Å². The van der Waals surface area contributed by atoms with Crippen molar-refractivity contribution in [2.75, 3.05) is 12.4 Å². The van der Waals surface area contributed by atoms with Gasteiger partial charge in [-0.1, -0.05) is 29.8 Å². The Kier molecular flexibility index (Phi) is 5.94. The van der Waals surface area contributed by atoms with Crippen molar-refractivity contribution in [1.82, 2.24) is 4.57 Å². The van der Waals surface area contributed by atoms with Crippen LogP contribution in [0.5, 0.6) is 5.75 Å². The van der Waals surface area contributed by atoms with E-state index in [0.717, 1.165) is 11.1 Å². The first-order chi connectivity index (χ1) is 13.0. The highest BCUT2D eigenvalue weighted by Crippen LogP contribution is 2.23. The van der Waals surface area contributed by atoms with Gasteiger partial charge in [-0.3, -0.25) is 9.59 Å². The highest BCUT2D eigenvalue weighted by Gasteiger charge is 2.10. The number of hydrogen-bond donors (Lipinski definition) is 1. The van der Waals surface area contributed by atoms with Gasteiger partial charge < -0.3 is 14.6 Å². The first-order valence-corrected chi connectivity index (χ1v) is 8.79. The van der Waals surface area contributed by atoms with E-state index in [0.29, 0.717) is 23.0 Å². The van der Waals surface area contributed by atoms with Crippen LogP contribution in [0.1, 0.15) is 11.1 Å². The van der Waals surface area contributed by atoms with Gasteiger partial charge in [-0.05, 0) is 42.0 Å². The summed E-state index contributed by atoms with van der Waals surface area (Å²) in [6.45, 7) is 0.480. The number of nitrogens with zero attached hydrogens (tertiary/aromatic N) is 1. The molecule has 0 fully saturated rings. The van der Waals surface area contributed by atoms with Crippen LogP contribution in [0.3, 0.4) is 0 Å². The lowest BCUT2D eigenvalue weighted by Gasteiger charge is -2.10. The van der Waals surface area contributed by atoms with Crippen molar-refractivity contribution < 1.29 is 9.53 Å². The van der Waals surface area contributed by atoms with Crippen LogP contribution in [-0.4, -0.2) is 17.6 Å². The minimum Gasteiger partial charge on any atom is -0.496 e. The largest absolute Gasteiger partial charge is 0.496 e. The highest BCUT2D eigenvalue weighted by molar-refractivity contribution is 6.30. The highest BCUT2D eigenvalue weighted by atomic mass is 35.5. The van der Waals surface area contributed by atoms with Crippen molar-refractivity contribution in [1.29, 1.82) is 0 Å². The molecule has 0 aliphatic heterocycles. The molecule has 1 aromatic heterocycles. The Balaban J connectivity index is 1.64. The molecule has 27 heavy (non-hydrogen) atoms. The van der Waals surface area contributed by atoms with E-state index in [2.05, 4.69) is 5.32 Å². The molecule has 1 N–H and O–H groups in total. The number of benzene rings is 2. The maximum absolute atomic E-state index is 12.3. The standard InChI is InChI=1S/C21H19ClN2O3/c1-27-19-10-7-17(22)12-16(19)13-20(25)23-18-8-5-15(6-9-18)14-24-11-3-2-4-21(24)26/h2-12H,13-14H2,1H3,(H,23,25). The summed E-state index contributed by atoms with van der Waals surface area (Å²) in [5.74, 6) is 0.459. The molecule has 0 unspecified atom stereocenters. The molecule has 0 spiro atoms. The zero-order valence-corrected chi connectivity index (χ0v) is 15.6. The van der Waals surface area contributed by atoms with Crippen LogP contribution in [0.25, 0.3) is 0 Å². The van der Waals surface area contributed by atoms with Crippen LogP contribution in [0.4, 0.5) is 5.69 Å². The summed E-state index contributed by atoms with van der Waals surface area (Å²) in [6.07, 6.45) is 1.90. The van der Waals surface area contributed by atoms with Gasteiger partial charge in [0.2, 0.25) is 5.91 Å². The Morgan fingerprint density at radius 2 is 1.89 bits per heavy atom. The molecule has 0 atom stereocenters. The van der Waals surface area contributed by atoms with Gasteiger partial charge in [-0.25, -0.2) is 0 Å². The van der Waals surface area contributed by atoms with Crippen LogP contribution in [0.15, 0.2) is 71.7 Å². The van der Waals surface area contributed by atoms with E-state index in [-0.39, 0.29) is 17.9 Å². The molecule has 0 saturated carbocycles. The predicted octanol–water partition coefficient (Wildman–Crippen LogP) is 3.74. The van der Waals surface area contributed by atoms with Gasteiger partial charge in [0.05, 0.1) is 20.1 Å². The van der Waals surface area contributed by atoms with Crippen molar-refractivity contribution in [3.63, 3.8) is 0 Å². The first kappa shape index (κ1) is 18.7. The number of nitrogens with one attached hydrogen (secondary N) is 1. The predicted molar refractivity (Wildman–Crippen MR) is 107 cm³/mol. The normalized spacial score (nSPS) is 10.4. The number of carbonyl (C=O) groups is 1. The Hall–Kier alpha value is -3.05. The molecule has 0 aliphatic rings. The molecule has 3 rings (SSSR count). The minimum absolute atomic E-state index is 0.0506. The average Bonchev–Trinajstić information content (AvgIpc) is 2.65. The second kappa shape index (κ2) is 8.56. The molecule has 1 heterocycles. The Morgan fingerprint density at radius 1 is 1.11 bits per heavy atom. The van der Waals surface area contributed by atoms with Gasteiger partial charge in [0, 0.05) is 28.5 Å². The number of ether oxygens (including phenoxy) is 1. The minimum atomic E-state index is -0.164. The fourth-order valence-electron chi connectivity index (χ4n) is 2.74. The van der Waals surface area contributed by atoms with E-state index >= 15 is 0 Å². The second-order valence-electron chi connectivity index (χ2n) is 6.04. The van der Waals surface area contributed by atoms with Crippen LogP contribution < -0.4 is 15.6 Å². The number of methoxy groups -OCH3 is 1. The van der Waals surface area contributed by atoms with Crippen molar-refractivity contribution in [2.24, 2.45) is 0 Å². The molecule has 3 aromatic rings. The van der Waals surface area contributed by atoms with Gasteiger partial charge in [-0.15, -0.1) is 0 Å². The number of amides is 1. The van der Waals surface area contributed by atoms with Crippen molar-refractivity contribution in [3.05, 3.63) is 93.4 Å². The lowest BCUT2D eigenvalue weighted by Crippen LogP contribution is -2.18. The Labute approximate surface area is 162 Å². The van der Waals surface area contributed by atoms with Gasteiger partial charge >= 0.3 is 0 Å². The summed E-state index contributed by atoms with van der Waals surface area (Å²) in [7, 11) is 1.56. The van der Waals surface area contributed by atoms with E-state index in [1.165, 1.54) is 6.07 Å². The van der Waals surface area contributed by atoms with Crippen molar-refractivity contribution in [2.45, 2.75) is 13.0 Å². The van der Waals surface area contributed by atoms with Gasteiger partial charge in [0.25, 0.3) is 5.56 Å². The molecule has 1 amide bonds. The topological polar surface area (TPSA) is 60.3 Å². The SMILES string of the molecule is COc1ccc(Cl)cc1CC(=O)Nc1ccc(Cn2ccccc2=O)cc1. The molecular weight excluding hydrogens is 364 g/mol. The summed E-state index contributed by atoms with van der Waals surface area (Å²) >= 11 is 6.00. The van der Waals surface area contributed by atoms with E-state index in [9.17, 15) is 9.59 Å². The second-order valence-corrected chi connectivity index (χ2v) is 6.48. The van der Waals surface area contributed by atoms with E-state index < -0.39 is 0 Å². The lowest BCUT2D eigenvalue weighted by atomic mass is 10.1. The molecule has 5 nitrogen and oxygen atoms in total. The smallest absolute Gasteiger partial charge is 0.250 e. The fraction of sp³-hybridized carbons (Fsp3) is 0.143. The maximum atomic E-state index is 12.3. The van der Waals surface area contributed by atoms with Crippen molar-refractivity contribution in [3.8, 4) is 5.75 Å². The third kappa shape index (κ3) is 4.99. The zero-order chi connectivity index (χ0) is 19.2. The number of rotatable bonds is 6. The summed E-state index contributed by atoms with van der Waals surface area (Å²) in [5, 5.41) is 3.41. The quantitative estimate of drug-likeness (QED) is 0.706. The summed E-state index contributed by atoms with van der Waals surface area (Å²) in [5.41, 5.74) is 2.33. The summed E-state index contributed by atoms with van der Waals surface area (Å²) < 4.78 is 6.89. The lowest BCUT2D eigenvalue weighted by molar-refractivity contribution is -0.115. The summed E-state index contributed by atoms with van der Waals surface area (Å²) in [6, 6.07) is 17.6. The number of pyridine rings is 1. The monoisotopic (exact) mass is 382 g/mol. The zero-order valence-electron chi connectivity index (χ0n) is 14.8. The van der Waals surface area contributed by atoms with E-state index in [4.69, 9.17) is 16.3 Å². The maximum Gasteiger partial charge on any atom is 0.250 e. The Bertz CT molecular complexity index is 997. The molecule has 0 radical (unpaired) electrons. The summed E-state index contributed by atoms with van der Waals surface area (Å²) in [4.78, 5) is 24.1.